The quantitative estimate of drug-likeness (QED) is 0.362. The van der Waals surface area contributed by atoms with E-state index in [4.69, 9.17) is 4.55 Å². The molecule has 6 nitrogen and oxygen atoms in total. The van der Waals surface area contributed by atoms with Crippen LogP contribution < -0.4 is 0 Å². The summed E-state index contributed by atoms with van der Waals surface area (Å²) in [6.45, 7) is 1.54. The molecule has 0 aliphatic carbocycles. The summed E-state index contributed by atoms with van der Waals surface area (Å²) in [4.78, 5) is 0. The third kappa shape index (κ3) is 10.5. The second-order valence-electron chi connectivity index (χ2n) is 2.31. The van der Waals surface area contributed by atoms with E-state index in [0.717, 1.165) is 0 Å². The predicted molar refractivity (Wildman–Crippen MR) is 53.6 cm³/mol. The van der Waals surface area contributed by atoms with Gasteiger partial charge in [0, 0.05) is 0 Å². The van der Waals surface area contributed by atoms with E-state index in [2.05, 4.69) is 4.18 Å². The molecule has 0 heterocycles. The Bertz CT molecular complexity index is 331. The molecular weight excluding hydrogens is 227 g/mol. The van der Waals surface area contributed by atoms with Crippen molar-refractivity contribution in [1.82, 2.24) is 0 Å². The zero-order valence-corrected chi connectivity index (χ0v) is 8.77. The number of hydrogen-bond acceptors (Lipinski definition) is 5. The molecule has 14 heavy (non-hydrogen) atoms. The fourth-order valence-electron chi connectivity index (χ4n) is 0.657. The van der Waals surface area contributed by atoms with Gasteiger partial charge in [0.15, 0.2) is 0 Å². The Morgan fingerprint density at radius 2 is 1.64 bits per heavy atom. The topological polar surface area (TPSA) is 97.7 Å². The van der Waals surface area contributed by atoms with Gasteiger partial charge in [0.25, 0.3) is 20.2 Å². The van der Waals surface area contributed by atoms with E-state index in [1.54, 1.807) is 0 Å². The molecule has 0 unspecified atom stereocenters. The molecule has 0 amide bonds. The maximum absolute atomic E-state index is 10.8. The number of hydrogen-bond donors (Lipinski definition) is 1. The summed E-state index contributed by atoms with van der Waals surface area (Å²) >= 11 is 0. The van der Waals surface area contributed by atoms with Crippen molar-refractivity contribution in [3.63, 3.8) is 0 Å². The van der Waals surface area contributed by atoms with Crippen LogP contribution in [0.15, 0.2) is 0 Å². The summed E-state index contributed by atoms with van der Waals surface area (Å²) in [5.74, 6) is -0.972. The Balaban J connectivity index is 0. The molecule has 0 saturated heterocycles. The molecule has 0 bridgehead atoms. The molecule has 0 rings (SSSR count). The number of rotatable bonds is 6. The van der Waals surface area contributed by atoms with Gasteiger partial charge in [-0.25, -0.2) is 0 Å². The van der Waals surface area contributed by atoms with Crippen LogP contribution in [-0.4, -0.2) is 58.4 Å². The molecule has 1 N–H and O–H groups in total. The summed E-state index contributed by atoms with van der Waals surface area (Å²) in [7, 11) is -7.71. The summed E-state index contributed by atoms with van der Waals surface area (Å²) in [5, 5.41) is 0. The van der Waals surface area contributed by atoms with Gasteiger partial charge in [-0.05, 0) is 13.3 Å². The first-order chi connectivity index (χ1) is 5.77. The second-order valence-corrected chi connectivity index (χ2v) is 5.64. The SMILES string of the molecule is CCOS(=O)(=O)CCCS(=O)(=O)O.[LiH]. The van der Waals surface area contributed by atoms with Crippen LogP contribution in [0.1, 0.15) is 13.3 Å². The normalized spacial score (nSPS) is 12.1. The molecule has 0 aromatic rings. The first-order valence-corrected chi connectivity index (χ1v) is 6.78. The Morgan fingerprint density at radius 1 is 1.14 bits per heavy atom. The average Bonchev–Trinajstić information content (AvgIpc) is 1.82. The van der Waals surface area contributed by atoms with Gasteiger partial charge in [0.1, 0.15) is 0 Å². The van der Waals surface area contributed by atoms with Gasteiger partial charge in [-0.3, -0.25) is 8.74 Å². The van der Waals surface area contributed by atoms with Crippen LogP contribution >= 0.6 is 0 Å². The molecule has 9 heteroatoms. The van der Waals surface area contributed by atoms with E-state index in [1.165, 1.54) is 6.92 Å². The standard InChI is InChI=1S/C5H12O6S2.Li.H/c1-2-11-13(9,10)5-3-4-12(6,7)8;;/h2-5H2,1H3,(H,6,7,8);;. The van der Waals surface area contributed by atoms with Crippen molar-refractivity contribution in [1.29, 1.82) is 0 Å². The summed E-state index contributed by atoms with van der Waals surface area (Å²) in [5.41, 5.74) is 0. The molecular formula is C5H13LiO6S2. The molecule has 0 atom stereocenters. The van der Waals surface area contributed by atoms with Gasteiger partial charge >= 0.3 is 18.9 Å². The van der Waals surface area contributed by atoms with E-state index in [9.17, 15) is 16.8 Å². The Hall–Kier alpha value is 0.417. The predicted octanol–water partition coefficient (Wildman–Crippen LogP) is -1.02. The van der Waals surface area contributed by atoms with E-state index in [1.807, 2.05) is 0 Å². The van der Waals surface area contributed by atoms with Crippen molar-refractivity contribution in [2.45, 2.75) is 13.3 Å². The zero-order valence-electron chi connectivity index (χ0n) is 7.13. The molecule has 0 aromatic heterocycles. The van der Waals surface area contributed by atoms with E-state index >= 15 is 0 Å². The maximum atomic E-state index is 10.8. The zero-order chi connectivity index (χ0) is 10.5. The molecule has 0 radical (unpaired) electrons. The first kappa shape index (κ1) is 16.8. The fourth-order valence-corrected chi connectivity index (χ4v) is 2.32. The van der Waals surface area contributed by atoms with Gasteiger partial charge in [-0.15, -0.1) is 0 Å². The molecule has 0 saturated carbocycles. The Morgan fingerprint density at radius 3 is 2.00 bits per heavy atom. The molecule has 0 aliphatic heterocycles. The second kappa shape index (κ2) is 6.82. The third-order valence-corrected chi connectivity index (χ3v) is 3.28. The van der Waals surface area contributed by atoms with Crippen molar-refractivity contribution < 1.29 is 25.6 Å². The fraction of sp³-hybridized carbons (Fsp3) is 1.00. The first-order valence-electron chi connectivity index (χ1n) is 3.59. The molecule has 0 spiro atoms. The summed E-state index contributed by atoms with van der Waals surface area (Å²) in [6.07, 6.45) is -0.166. The van der Waals surface area contributed by atoms with E-state index in [0.29, 0.717) is 0 Å². The van der Waals surface area contributed by atoms with Crippen LogP contribution in [0.4, 0.5) is 0 Å². The van der Waals surface area contributed by atoms with Crippen LogP contribution in [0.25, 0.3) is 0 Å². The Labute approximate surface area is 96.1 Å². The molecule has 82 valence electrons. The summed E-state index contributed by atoms with van der Waals surface area (Å²) < 4.78 is 54.6. The van der Waals surface area contributed by atoms with E-state index in [-0.39, 0.29) is 31.9 Å². The monoisotopic (exact) mass is 240 g/mol. The van der Waals surface area contributed by atoms with Gasteiger partial charge in [-0.1, -0.05) is 0 Å². The van der Waals surface area contributed by atoms with Gasteiger partial charge in [0.05, 0.1) is 18.1 Å². The van der Waals surface area contributed by atoms with Crippen LogP contribution in [0.5, 0.6) is 0 Å². The third-order valence-electron chi connectivity index (χ3n) is 1.09. The van der Waals surface area contributed by atoms with Crippen LogP contribution in [0, 0.1) is 0 Å². The molecule has 0 fully saturated rings. The van der Waals surface area contributed by atoms with Crippen molar-refractivity contribution in [2.75, 3.05) is 18.1 Å². The van der Waals surface area contributed by atoms with Gasteiger partial charge in [0.2, 0.25) is 0 Å². The van der Waals surface area contributed by atoms with Crippen LogP contribution in [-0.2, 0) is 24.4 Å². The summed E-state index contributed by atoms with van der Waals surface area (Å²) in [6, 6.07) is 0. The van der Waals surface area contributed by atoms with Crippen molar-refractivity contribution in [2.24, 2.45) is 0 Å². The molecule has 0 aromatic carbocycles. The van der Waals surface area contributed by atoms with Crippen LogP contribution in [0.2, 0.25) is 0 Å². The van der Waals surface area contributed by atoms with Crippen LogP contribution in [0.3, 0.4) is 0 Å². The Kier molecular flexibility index (Phi) is 8.20. The average molecular weight is 240 g/mol. The van der Waals surface area contributed by atoms with Gasteiger partial charge in [-0.2, -0.15) is 16.8 Å². The van der Waals surface area contributed by atoms with Crippen molar-refractivity contribution in [3.05, 3.63) is 0 Å². The molecule has 0 aliphatic rings. The van der Waals surface area contributed by atoms with Gasteiger partial charge < -0.3 is 0 Å². The van der Waals surface area contributed by atoms with Crippen molar-refractivity contribution >= 4 is 39.1 Å². The van der Waals surface area contributed by atoms with E-state index < -0.39 is 31.7 Å². The minimum atomic E-state index is -4.08. The van der Waals surface area contributed by atoms with Crippen molar-refractivity contribution in [3.8, 4) is 0 Å². The minimum absolute atomic E-state index is 0.